The quantitative estimate of drug-likeness (QED) is 0.685. The fourth-order valence-corrected chi connectivity index (χ4v) is 2.10. The van der Waals surface area contributed by atoms with Crippen LogP contribution in [0.3, 0.4) is 0 Å². The zero-order chi connectivity index (χ0) is 10.7. The standard InChI is InChI=1S/C12H18N2O/c13-10(9-4-2-1-3-5-9)8-11-12(15)6-7-14-11/h1-5,10-12,14-15H,6-8,13H2/t10?,11-,12-/m0/s1. The summed E-state index contributed by atoms with van der Waals surface area (Å²) in [7, 11) is 0. The first-order valence-corrected chi connectivity index (χ1v) is 5.49. The van der Waals surface area contributed by atoms with Crippen LogP contribution in [0.5, 0.6) is 0 Å². The van der Waals surface area contributed by atoms with Gasteiger partial charge in [-0.05, 0) is 24.9 Å². The first kappa shape index (κ1) is 10.6. The minimum atomic E-state index is -0.236. The average molecular weight is 206 g/mol. The summed E-state index contributed by atoms with van der Waals surface area (Å²) in [4.78, 5) is 0. The molecule has 3 heteroatoms. The van der Waals surface area contributed by atoms with E-state index in [2.05, 4.69) is 5.32 Å². The van der Waals surface area contributed by atoms with E-state index < -0.39 is 0 Å². The van der Waals surface area contributed by atoms with Crippen LogP contribution in [0, 0.1) is 0 Å². The number of aliphatic hydroxyl groups excluding tert-OH is 1. The molecular weight excluding hydrogens is 188 g/mol. The minimum absolute atomic E-state index is 0.0106. The van der Waals surface area contributed by atoms with Crippen molar-refractivity contribution in [3.05, 3.63) is 35.9 Å². The van der Waals surface area contributed by atoms with Crippen LogP contribution < -0.4 is 11.1 Å². The van der Waals surface area contributed by atoms with Gasteiger partial charge in [-0.15, -0.1) is 0 Å². The van der Waals surface area contributed by atoms with E-state index in [1.165, 1.54) is 0 Å². The van der Waals surface area contributed by atoms with Crippen molar-refractivity contribution in [2.45, 2.75) is 31.0 Å². The second kappa shape index (κ2) is 4.75. The van der Waals surface area contributed by atoms with E-state index in [9.17, 15) is 5.11 Å². The van der Waals surface area contributed by atoms with Gasteiger partial charge in [0.25, 0.3) is 0 Å². The Morgan fingerprint density at radius 3 is 2.73 bits per heavy atom. The van der Waals surface area contributed by atoms with Crippen LogP contribution in [0.25, 0.3) is 0 Å². The molecule has 0 spiro atoms. The molecule has 0 aliphatic carbocycles. The van der Waals surface area contributed by atoms with Gasteiger partial charge >= 0.3 is 0 Å². The monoisotopic (exact) mass is 206 g/mol. The molecule has 1 aromatic rings. The van der Waals surface area contributed by atoms with Crippen molar-refractivity contribution in [3.63, 3.8) is 0 Å². The van der Waals surface area contributed by atoms with Crippen LogP contribution >= 0.6 is 0 Å². The molecule has 1 heterocycles. The maximum atomic E-state index is 9.67. The third-order valence-electron chi connectivity index (χ3n) is 3.05. The zero-order valence-electron chi connectivity index (χ0n) is 8.76. The summed E-state index contributed by atoms with van der Waals surface area (Å²) >= 11 is 0. The van der Waals surface area contributed by atoms with Crippen molar-refractivity contribution in [2.24, 2.45) is 5.73 Å². The second-order valence-electron chi connectivity index (χ2n) is 4.17. The van der Waals surface area contributed by atoms with Gasteiger partial charge in [0, 0.05) is 12.1 Å². The Labute approximate surface area is 90.3 Å². The summed E-state index contributed by atoms with van der Waals surface area (Å²) < 4.78 is 0. The Balaban J connectivity index is 1.95. The zero-order valence-corrected chi connectivity index (χ0v) is 8.76. The Hall–Kier alpha value is -0.900. The highest BCUT2D eigenvalue weighted by Crippen LogP contribution is 2.20. The molecule has 0 radical (unpaired) electrons. The molecule has 0 saturated carbocycles. The van der Waals surface area contributed by atoms with Crippen molar-refractivity contribution in [1.82, 2.24) is 5.32 Å². The van der Waals surface area contributed by atoms with Crippen molar-refractivity contribution in [1.29, 1.82) is 0 Å². The van der Waals surface area contributed by atoms with E-state index >= 15 is 0 Å². The van der Waals surface area contributed by atoms with Gasteiger partial charge in [-0.3, -0.25) is 0 Å². The first-order chi connectivity index (χ1) is 7.27. The first-order valence-electron chi connectivity index (χ1n) is 5.49. The smallest absolute Gasteiger partial charge is 0.0706 e. The molecule has 0 amide bonds. The molecule has 1 fully saturated rings. The molecule has 0 aromatic heterocycles. The number of nitrogens with two attached hydrogens (primary N) is 1. The summed E-state index contributed by atoms with van der Waals surface area (Å²) in [6, 6.07) is 10.2. The third-order valence-corrected chi connectivity index (χ3v) is 3.05. The highest BCUT2D eigenvalue weighted by molar-refractivity contribution is 5.18. The summed E-state index contributed by atoms with van der Waals surface area (Å²) in [5.74, 6) is 0. The fraction of sp³-hybridized carbons (Fsp3) is 0.500. The number of aliphatic hydroxyl groups is 1. The van der Waals surface area contributed by atoms with Crippen LogP contribution in [-0.2, 0) is 0 Å². The highest BCUT2D eigenvalue weighted by atomic mass is 16.3. The van der Waals surface area contributed by atoms with Gasteiger partial charge in [0.2, 0.25) is 0 Å². The molecule has 2 rings (SSSR count). The molecule has 3 nitrogen and oxygen atoms in total. The van der Waals surface area contributed by atoms with Crippen LogP contribution in [-0.4, -0.2) is 23.8 Å². The van der Waals surface area contributed by atoms with Gasteiger partial charge in [0.1, 0.15) is 0 Å². The van der Waals surface area contributed by atoms with Crippen molar-refractivity contribution >= 4 is 0 Å². The lowest BCUT2D eigenvalue weighted by molar-refractivity contribution is 0.152. The second-order valence-corrected chi connectivity index (χ2v) is 4.17. The number of nitrogens with one attached hydrogen (secondary N) is 1. The molecule has 82 valence electrons. The summed E-state index contributed by atoms with van der Waals surface area (Å²) in [5.41, 5.74) is 7.22. The van der Waals surface area contributed by atoms with E-state index in [1.54, 1.807) is 0 Å². The van der Waals surface area contributed by atoms with Crippen LogP contribution in [0.15, 0.2) is 30.3 Å². The third kappa shape index (κ3) is 2.56. The topological polar surface area (TPSA) is 58.3 Å². The van der Waals surface area contributed by atoms with Crippen molar-refractivity contribution < 1.29 is 5.11 Å². The Morgan fingerprint density at radius 1 is 1.40 bits per heavy atom. The normalized spacial score (nSPS) is 27.9. The van der Waals surface area contributed by atoms with E-state index in [0.29, 0.717) is 0 Å². The van der Waals surface area contributed by atoms with Crippen LogP contribution in [0.1, 0.15) is 24.4 Å². The molecule has 1 aromatic carbocycles. The van der Waals surface area contributed by atoms with Gasteiger partial charge in [-0.25, -0.2) is 0 Å². The molecular formula is C12H18N2O. The molecule has 4 N–H and O–H groups in total. The summed E-state index contributed by atoms with van der Waals surface area (Å²) in [5, 5.41) is 12.9. The predicted molar refractivity (Wildman–Crippen MR) is 60.4 cm³/mol. The van der Waals surface area contributed by atoms with Gasteiger partial charge in [0.05, 0.1) is 6.10 Å². The average Bonchev–Trinajstić information content (AvgIpc) is 2.66. The lowest BCUT2D eigenvalue weighted by atomic mass is 9.98. The minimum Gasteiger partial charge on any atom is -0.391 e. The Kier molecular flexibility index (Phi) is 3.36. The van der Waals surface area contributed by atoms with E-state index in [-0.39, 0.29) is 18.2 Å². The van der Waals surface area contributed by atoms with Crippen molar-refractivity contribution in [2.75, 3.05) is 6.54 Å². The molecule has 1 unspecified atom stereocenters. The van der Waals surface area contributed by atoms with E-state index in [1.807, 2.05) is 30.3 Å². The molecule has 3 atom stereocenters. The lowest BCUT2D eigenvalue weighted by Gasteiger charge is -2.19. The maximum Gasteiger partial charge on any atom is 0.0706 e. The molecule has 1 saturated heterocycles. The molecule has 0 bridgehead atoms. The summed E-state index contributed by atoms with van der Waals surface area (Å²) in [6.45, 7) is 0.896. The SMILES string of the molecule is NC(C[C@@H]1NCC[C@@H]1O)c1ccccc1. The van der Waals surface area contributed by atoms with Crippen LogP contribution in [0.2, 0.25) is 0 Å². The van der Waals surface area contributed by atoms with E-state index in [4.69, 9.17) is 5.73 Å². The lowest BCUT2D eigenvalue weighted by Crippen LogP contribution is -2.33. The molecule has 1 aliphatic rings. The van der Waals surface area contributed by atoms with Gasteiger partial charge in [-0.2, -0.15) is 0 Å². The summed E-state index contributed by atoms with van der Waals surface area (Å²) in [6.07, 6.45) is 1.40. The van der Waals surface area contributed by atoms with Gasteiger partial charge < -0.3 is 16.2 Å². The molecule has 15 heavy (non-hydrogen) atoms. The fourth-order valence-electron chi connectivity index (χ4n) is 2.10. The largest absolute Gasteiger partial charge is 0.391 e. The number of benzene rings is 1. The molecule has 1 aliphatic heterocycles. The van der Waals surface area contributed by atoms with E-state index in [0.717, 1.165) is 24.9 Å². The Bertz CT molecular complexity index is 302. The van der Waals surface area contributed by atoms with Gasteiger partial charge in [0.15, 0.2) is 0 Å². The maximum absolute atomic E-state index is 9.67. The number of rotatable bonds is 3. The predicted octanol–water partition coefficient (Wildman–Crippen LogP) is 0.799. The van der Waals surface area contributed by atoms with Gasteiger partial charge in [-0.1, -0.05) is 30.3 Å². The number of hydrogen-bond acceptors (Lipinski definition) is 3. The Morgan fingerprint density at radius 2 is 2.13 bits per heavy atom. The van der Waals surface area contributed by atoms with Crippen molar-refractivity contribution in [3.8, 4) is 0 Å². The highest BCUT2D eigenvalue weighted by Gasteiger charge is 2.26. The van der Waals surface area contributed by atoms with Crippen LogP contribution in [0.4, 0.5) is 0 Å². The number of hydrogen-bond donors (Lipinski definition) is 3.